The number of halogens is 1. The van der Waals surface area contributed by atoms with Gasteiger partial charge in [-0.05, 0) is 49.9 Å². The van der Waals surface area contributed by atoms with E-state index in [-0.39, 0.29) is 41.1 Å². The molecule has 0 spiro atoms. The number of nitrogens with zero attached hydrogens (tertiary/aromatic N) is 3. The van der Waals surface area contributed by atoms with E-state index in [0.717, 1.165) is 19.3 Å². The molecule has 198 valence electrons. The molecule has 0 bridgehead atoms. The zero-order valence-electron chi connectivity index (χ0n) is 21.5. The van der Waals surface area contributed by atoms with Crippen LogP contribution < -0.4 is 10.1 Å². The minimum absolute atomic E-state index is 0.0312. The van der Waals surface area contributed by atoms with Crippen molar-refractivity contribution in [2.45, 2.75) is 39.1 Å². The Hall–Kier alpha value is -4.02. The minimum atomic E-state index is -0.616. The molecule has 1 unspecified atom stereocenters. The van der Waals surface area contributed by atoms with Crippen molar-refractivity contribution in [3.05, 3.63) is 71.6 Å². The second-order valence-corrected chi connectivity index (χ2v) is 9.30. The van der Waals surface area contributed by atoms with E-state index in [9.17, 15) is 9.59 Å². The number of hydrogen-bond donors (Lipinski definition) is 1. The molecule has 1 fully saturated rings. The van der Waals surface area contributed by atoms with Crippen LogP contribution in [0.15, 0.2) is 49.1 Å². The van der Waals surface area contributed by atoms with Crippen LogP contribution in [0.3, 0.4) is 0 Å². The Morgan fingerprint density at radius 2 is 2.08 bits per heavy atom. The van der Waals surface area contributed by atoms with E-state index in [1.54, 1.807) is 65.2 Å². The van der Waals surface area contributed by atoms with Gasteiger partial charge >= 0.3 is 0 Å². The molecule has 1 atom stereocenters. The summed E-state index contributed by atoms with van der Waals surface area (Å²) in [6.07, 6.45) is 9.02. The Bertz CT molecular complexity index is 1500. The summed E-state index contributed by atoms with van der Waals surface area (Å²) in [4.78, 5) is 26.0. The molecule has 1 aliphatic rings. The maximum Gasteiger partial charge on any atom is 0.258 e. The van der Waals surface area contributed by atoms with Crippen LogP contribution in [-0.4, -0.2) is 45.9 Å². The molecule has 1 aliphatic heterocycles. The van der Waals surface area contributed by atoms with Crippen LogP contribution in [0.5, 0.6) is 5.75 Å². The summed E-state index contributed by atoms with van der Waals surface area (Å²) in [5.41, 5.74) is 2.28. The third-order valence-corrected chi connectivity index (χ3v) is 6.56. The molecular weight excluding hydrogens is 491 g/mol. The molecule has 1 saturated heterocycles. The molecule has 10 heteroatoms. The summed E-state index contributed by atoms with van der Waals surface area (Å²) in [5.74, 6) is -0.997. The number of methoxy groups -OCH3 is 1. The summed E-state index contributed by atoms with van der Waals surface area (Å²) in [6.45, 7) is 2.20. The summed E-state index contributed by atoms with van der Waals surface area (Å²) < 4.78 is 36.0. The van der Waals surface area contributed by atoms with Crippen molar-refractivity contribution in [3.63, 3.8) is 0 Å². The number of amides is 1. The maximum absolute atomic E-state index is 15.8. The molecule has 9 nitrogen and oxygen atoms in total. The van der Waals surface area contributed by atoms with Crippen LogP contribution in [-0.2, 0) is 23.1 Å². The number of aryl methyl sites for hydroxylation is 1. The highest BCUT2D eigenvalue weighted by Gasteiger charge is 2.24. The quantitative estimate of drug-likeness (QED) is 0.329. The van der Waals surface area contributed by atoms with E-state index >= 15 is 4.39 Å². The van der Waals surface area contributed by atoms with Crippen molar-refractivity contribution < 1.29 is 28.2 Å². The fourth-order valence-electron chi connectivity index (χ4n) is 4.62. The van der Waals surface area contributed by atoms with Crippen LogP contribution >= 0.6 is 0 Å². The van der Waals surface area contributed by atoms with Crippen molar-refractivity contribution in [2.75, 3.05) is 19.0 Å². The second kappa shape index (κ2) is 10.8. The highest BCUT2D eigenvalue weighted by atomic mass is 19.1. The number of ketones is 1. The standard InChI is InChI=1S/C28H29FN4O5/c1-17(34)22-15-33-8-7-20(36-3)12-24(33)26(22)28(35)31-23-11-18(16-38-25-6-4-5-9-37-25)10-21(27(23)29)19-13-30-32(2)14-19/h7-8,10-15,25H,4-6,9,16H2,1-3H3,(H,31,35). The average molecular weight is 521 g/mol. The van der Waals surface area contributed by atoms with E-state index in [4.69, 9.17) is 14.2 Å². The summed E-state index contributed by atoms with van der Waals surface area (Å²) in [6, 6.07) is 6.61. The van der Waals surface area contributed by atoms with Gasteiger partial charge in [0.05, 0.1) is 36.7 Å². The van der Waals surface area contributed by atoms with E-state index in [2.05, 4.69) is 10.4 Å². The van der Waals surface area contributed by atoms with E-state index in [1.807, 2.05) is 0 Å². The zero-order chi connectivity index (χ0) is 26.8. The fourth-order valence-corrected chi connectivity index (χ4v) is 4.62. The molecule has 4 aromatic rings. The number of Topliss-reactive ketones (excluding diaryl/α,β-unsaturated/α-hetero) is 1. The van der Waals surface area contributed by atoms with Crippen molar-refractivity contribution in [1.29, 1.82) is 0 Å². The highest BCUT2D eigenvalue weighted by Crippen LogP contribution is 2.32. The van der Waals surface area contributed by atoms with Gasteiger partial charge in [-0.1, -0.05) is 0 Å². The lowest BCUT2D eigenvalue weighted by Gasteiger charge is -2.23. The van der Waals surface area contributed by atoms with Crippen LogP contribution in [0.25, 0.3) is 16.6 Å². The largest absolute Gasteiger partial charge is 0.497 e. The normalized spacial score (nSPS) is 15.5. The molecule has 0 radical (unpaired) electrons. The van der Waals surface area contributed by atoms with Crippen molar-refractivity contribution >= 4 is 22.9 Å². The lowest BCUT2D eigenvalue weighted by atomic mass is 10.0. The Morgan fingerprint density at radius 1 is 1.24 bits per heavy atom. The van der Waals surface area contributed by atoms with Crippen LogP contribution in [0.2, 0.25) is 0 Å². The van der Waals surface area contributed by atoms with E-state index in [1.165, 1.54) is 14.0 Å². The first-order valence-electron chi connectivity index (χ1n) is 12.4. The summed E-state index contributed by atoms with van der Waals surface area (Å²) in [5, 5.41) is 6.85. The number of anilines is 1. The molecular formula is C28H29FN4O5. The third kappa shape index (κ3) is 5.18. The van der Waals surface area contributed by atoms with Gasteiger partial charge in [-0.2, -0.15) is 5.10 Å². The van der Waals surface area contributed by atoms with Gasteiger partial charge < -0.3 is 23.9 Å². The number of nitrogens with one attached hydrogen (secondary N) is 1. The van der Waals surface area contributed by atoms with Crippen molar-refractivity contribution in [3.8, 4) is 16.9 Å². The number of fused-ring (bicyclic) bond motifs is 1. The van der Waals surface area contributed by atoms with Gasteiger partial charge in [-0.3, -0.25) is 14.3 Å². The number of rotatable bonds is 8. The van der Waals surface area contributed by atoms with Gasteiger partial charge in [0, 0.05) is 55.0 Å². The van der Waals surface area contributed by atoms with Crippen LogP contribution in [0, 0.1) is 5.82 Å². The van der Waals surface area contributed by atoms with Crippen LogP contribution in [0.1, 0.15) is 52.5 Å². The first-order valence-corrected chi connectivity index (χ1v) is 12.4. The SMILES string of the molecule is COc1ccn2cc(C(C)=O)c(C(=O)Nc3cc(COC4CCCCO4)cc(-c4cnn(C)c4)c3F)c2c1. The summed E-state index contributed by atoms with van der Waals surface area (Å²) in [7, 11) is 3.26. The first kappa shape index (κ1) is 25.6. The molecule has 5 rings (SSSR count). The van der Waals surface area contributed by atoms with Crippen molar-refractivity contribution in [1.82, 2.24) is 14.2 Å². The Balaban J connectivity index is 1.52. The Labute approximate surface area is 219 Å². The molecule has 3 aromatic heterocycles. The number of carbonyl (C=O) groups excluding carboxylic acids is 2. The fraction of sp³-hybridized carbons (Fsp3) is 0.321. The minimum Gasteiger partial charge on any atom is -0.497 e. The number of hydrogen-bond acceptors (Lipinski definition) is 6. The van der Waals surface area contributed by atoms with Gasteiger partial charge in [-0.15, -0.1) is 0 Å². The van der Waals surface area contributed by atoms with Gasteiger partial charge in [0.1, 0.15) is 5.75 Å². The molecule has 0 saturated carbocycles. The Kier molecular flexibility index (Phi) is 7.26. The number of benzene rings is 1. The molecule has 1 aromatic carbocycles. The molecule has 1 amide bonds. The zero-order valence-corrected chi connectivity index (χ0v) is 21.5. The first-order chi connectivity index (χ1) is 18.3. The molecule has 38 heavy (non-hydrogen) atoms. The third-order valence-electron chi connectivity index (χ3n) is 6.56. The lowest BCUT2D eigenvalue weighted by Crippen LogP contribution is -2.22. The molecule has 1 N–H and O–H groups in total. The van der Waals surface area contributed by atoms with Crippen molar-refractivity contribution in [2.24, 2.45) is 7.05 Å². The number of pyridine rings is 1. The predicted octanol–water partition coefficient (Wildman–Crippen LogP) is 4.99. The number of ether oxygens (including phenoxy) is 3. The summed E-state index contributed by atoms with van der Waals surface area (Å²) >= 11 is 0. The lowest BCUT2D eigenvalue weighted by molar-refractivity contribution is -0.168. The van der Waals surface area contributed by atoms with E-state index in [0.29, 0.717) is 29.0 Å². The number of carbonyl (C=O) groups is 2. The smallest absolute Gasteiger partial charge is 0.258 e. The average Bonchev–Trinajstić information content (AvgIpc) is 3.52. The number of aromatic nitrogens is 3. The molecule has 0 aliphatic carbocycles. The van der Waals surface area contributed by atoms with E-state index < -0.39 is 11.7 Å². The topological polar surface area (TPSA) is 96.1 Å². The van der Waals surface area contributed by atoms with Gasteiger partial charge in [-0.25, -0.2) is 4.39 Å². The highest BCUT2D eigenvalue weighted by molar-refractivity contribution is 6.16. The Morgan fingerprint density at radius 3 is 2.76 bits per heavy atom. The second-order valence-electron chi connectivity index (χ2n) is 9.30. The van der Waals surface area contributed by atoms with Gasteiger partial charge in [0.2, 0.25) is 0 Å². The monoisotopic (exact) mass is 520 g/mol. The van der Waals surface area contributed by atoms with Crippen LogP contribution in [0.4, 0.5) is 10.1 Å². The van der Waals surface area contributed by atoms with Gasteiger partial charge in [0.15, 0.2) is 17.9 Å². The maximum atomic E-state index is 15.8. The predicted molar refractivity (Wildman–Crippen MR) is 139 cm³/mol. The van der Waals surface area contributed by atoms with Gasteiger partial charge in [0.25, 0.3) is 5.91 Å². The molecule has 4 heterocycles.